The van der Waals surface area contributed by atoms with Gasteiger partial charge in [0, 0.05) is 38.1 Å². The van der Waals surface area contributed by atoms with Crippen molar-refractivity contribution in [3.8, 4) is 0 Å². The van der Waals surface area contributed by atoms with Crippen molar-refractivity contribution < 1.29 is 4.79 Å². The van der Waals surface area contributed by atoms with Gasteiger partial charge >= 0.3 is 0 Å². The van der Waals surface area contributed by atoms with Gasteiger partial charge < -0.3 is 9.88 Å². The molecule has 1 aliphatic heterocycles. The molecule has 156 valence electrons. The number of benzene rings is 1. The fourth-order valence-corrected chi connectivity index (χ4v) is 4.06. The van der Waals surface area contributed by atoms with Crippen LogP contribution in [0.1, 0.15) is 28.0 Å². The van der Waals surface area contributed by atoms with Crippen LogP contribution >= 0.6 is 0 Å². The fraction of sp³-hybridized carbons (Fsp3) is 0.250. The van der Waals surface area contributed by atoms with E-state index in [0.717, 1.165) is 37.4 Å². The van der Waals surface area contributed by atoms with Crippen molar-refractivity contribution in [2.45, 2.75) is 25.6 Å². The Labute approximate surface area is 180 Å². The maximum Gasteiger partial charge on any atom is 0.253 e. The number of pyridine rings is 2. The van der Waals surface area contributed by atoms with E-state index in [-0.39, 0.29) is 11.9 Å². The van der Waals surface area contributed by atoms with E-state index in [2.05, 4.69) is 49.4 Å². The molecule has 1 aliphatic rings. The number of carbonyl (C=O) groups is 1. The van der Waals surface area contributed by atoms with Crippen LogP contribution in [0.15, 0.2) is 73.3 Å². The van der Waals surface area contributed by atoms with Gasteiger partial charge in [-0.05, 0) is 30.2 Å². The van der Waals surface area contributed by atoms with E-state index < -0.39 is 0 Å². The summed E-state index contributed by atoms with van der Waals surface area (Å²) >= 11 is 0. The Kier molecular flexibility index (Phi) is 5.41. The van der Waals surface area contributed by atoms with Crippen LogP contribution in [0.4, 0.5) is 0 Å². The highest BCUT2D eigenvalue weighted by Crippen LogP contribution is 2.16. The molecule has 7 heteroatoms. The van der Waals surface area contributed by atoms with Crippen LogP contribution in [-0.4, -0.2) is 49.5 Å². The molecule has 0 radical (unpaired) electrons. The topological polar surface area (TPSA) is 75.9 Å². The van der Waals surface area contributed by atoms with Crippen LogP contribution in [0.2, 0.25) is 0 Å². The Bertz CT molecular complexity index is 1170. The second kappa shape index (κ2) is 8.65. The lowest BCUT2D eigenvalue weighted by atomic mass is 10.2. The summed E-state index contributed by atoms with van der Waals surface area (Å²) in [4.78, 5) is 28.5. The third kappa shape index (κ3) is 4.46. The predicted molar refractivity (Wildman–Crippen MR) is 118 cm³/mol. The SMILES string of the molecule is O=C(N[C@H]1CCN(Cc2ccccc2)C1)c1cnc2c(c1)ncn2Cc1ccccn1. The van der Waals surface area contributed by atoms with Crippen molar-refractivity contribution in [2.24, 2.45) is 0 Å². The Morgan fingerprint density at radius 3 is 2.74 bits per heavy atom. The third-order valence-electron chi connectivity index (χ3n) is 5.63. The molecule has 1 aromatic carbocycles. The molecule has 0 bridgehead atoms. The van der Waals surface area contributed by atoms with Crippen molar-refractivity contribution in [3.63, 3.8) is 0 Å². The Balaban J connectivity index is 1.22. The smallest absolute Gasteiger partial charge is 0.253 e. The Morgan fingerprint density at radius 1 is 1.03 bits per heavy atom. The van der Waals surface area contributed by atoms with Crippen LogP contribution in [0.3, 0.4) is 0 Å². The van der Waals surface area contributed by atoms with Crippen molar-refractivity contribution in [2.75, 3.05) is 13.1 Å². The molecule has 4 aromatic rings. The molecule has 3 aromatic heterocycles. The van der Waals surface area contributed by atoms with Crippen molar-refractivity contribution in [3.05, 3.63) is 90.1 Å². The van der Waals surface area contributed by atoms with Gasteiger partial charge in [0.2, 0.25) is 0 Å². The number of hydrogen-bond acceptors (Lipinski definition) is 5. The molecule has 31 heavy (non-hydrogen) atoms. The van der Waals surface area contributed by atoms with Crippen LogP contribution in [-0.2, 0) is 13.1 Å². The number of hydrogen-bond donors (Lipinski definition) is 1. The number of aromatic nitrogens is 4. The predicted octanol–water partition coefficient (Wildman–Crippen LogP) is 2.88. The van der Waals surface area contributed by atoms with Crippen LogP contribution in [0.5, 0.6) is 0 Å². The van der Waals surface area contributed by atoms with Crippen molar-refractivity contribution >= 4 is 17.1 Å². The normalized spacial score (nSPS) is 16.6. The molecular weight excluding hydrogens is 388 g/mol. The lowest BCUT2D eigenvalue weighted by Crippen LogP contribution is -2.37. The van der Waals surface area contributed by atoms with E-state index in [1.807, 2.05) is 34.9 Å². The third-order valence-corrected chi connectivity index (χ3v) is 5.63. The van der Waals surface area contributed by atoms with E-state index in [1.54, 1.807) is 18.7 Å². The molecule has 5 rings (SSSR count). The summed E-state index contributed by atoms with van der Waals surface area (Å²) in [6.07, 6.45) is 6.10. The number of carbonyl (C=O) groups excluding carboxylic acids is 1. The quantitative estimate of drug-likeness (QED) is 0.527. The number of imidazole rings is 1. The maximum atomic E-state index is 12.8. The number of nitrogens with zero attached hydrogens (tertiary/aromatic N) is 5. The average Bonchev–Trinajstić information content (AvgIpc) is 3.41. The first-order valence-corrected chi connectivity index (χ1v) is 10.5. The minimum atomic E-state index is -0.0970. The summed E-state index contributed by atoms with van der Waals surface area (Å²) in [7, 11) is 0. The summed E-state index contributed by atoms with van der Waals surface area (Å²) in [6, 6.07) is 18.2. The van der Waals surface area contributed by atoms with Gasteiger partial charge in [-0.25, -0.2) is 9.97 Å². The molecule has 1 N–H and O–H groups in total. The number of nitrogens with one attached hydrogen (secondary N) is 1. The lowest BCUT2D eigenvalue weighted by Gasteiger charge is -2.16. The van der Waals surface area contributed by atoms with E-state index in [4.69, 9.17) is 0 Å². The second-order valence-corrected chi connectivity index (χ2v) is 7.94. The molecule has 1 atom stereocenters. The molecule has 1 saturated heterocycles. The monoisotopic (exact) mass is 412 g/mol. The molecular formula is C24H24N6O. The van der Waals surface area contributed by atoms with Gasteiger partial charge in [-0.15, -0.1) is 0 Å². The Hall–Kier alpha value is -3.58. The average molecular weight is 412 g/mol. The standard InChI is InChI=1S/C24H24N6O/c31-24(28-21-9-11-29(15-21)14-18-6-2-1-3-7-18)19-12-22-23(26-13-19)30(17-27-22)16-20-8-4-5-10-25-20/h1-8,10,12-13,17,21H,9,11,14-16H2,(H,28,31)/t21-/m0/s1. The van der Waals surface area contributed by atoms with Gasteiger partial charge in [0.1, 0.15) is 5.52 Å². The molecule has 1 amide bonds. The van der Waals surface area contributed by atoms with Crippen LogP contribution < -0.4 is 5.32 Å². The van der Waals surface area contributed by atoms with Gasteiger partial charge in [0.15, 0.2) is 5.65 Å². The summed E-state index contributed by atoms with van der Waals surface area (Å²) in [5.74, 6) is -0.0970. The van der Waals surface area contributed by atoms with Crippen LogP contribution in [0.25, 0.3) is 11.2 Å². The molecule has 0 unspecified atom stereocenters. The summed E-state index contributed by atoms with van der Waals surface area (Å²) in [5.41, 5.74) is 4.23. The van der Waals surface area contributed by atoms with Crippen molar-refractivity contribution in [1.82, 2.24) is 29.7 Å². The Morgan fingerprint density at radius 2 is 1.90 bits per heavy atom. The number of likely N-dealkylation sites (tertiary alicyclic amines) is 1. The summed E-state index contributed by atoms with van der Waals surface area (Å²) < 4.78 is 1.94. The number of rotatable bonds is 6. The largest absolute Gasteiger partial charge is 0.348 e. The first-order chi connectivity index (χ1) is 15.2. The van der Waals surface area contributed by atoms with Gasteiger partial charge in [-0.3, -0.25) is 14.7 Å². The highest BCUT2D eigenvalue weighted by atomic mass is 16.1. The van der Waals surface area contributed by atoms with E-state index in [0.29, 0.717) is 17.6 Å². The minimum Gasteiger partial charge on any atom is -0.348 e. The van der Waals surface area contributed by atoms with Gasteiger partial charge in [-0.1, -0.05) is 36.4 Å². The molecule has 7 nitrogen and oxygen atoms in total. The molecule has 0 aliphatic carbocycles. The van der Waals surface area contributed by atoms with Gasteiger partial charge in [-0.2, -0.15) is 0 Å². The summed E-state index contributed by atoms with van der Waals surface area (Å²) in [5, 5.41) is 3.16. The lowest BCUT2D eigenvalue weighted by molar-refractivity contribution is 0.0937. The maximum absolute atomic E-state index is 12.8. The van der Waals surface area contributed by atoms with E-state index in [9.17, 15) is 4.79 Å². The molecule has 0 spiro atoms. The first-order valence-electron chi connectivity index (χ1n) is 10.5. The zero-order valence-electron chi connectivity index (χ0n) is 17.2. The minimum absolute atomic E-state index is 0.0970. The van der Waals surface area contributed by atoms with Crippen LogP contribution in [0, 0.1) is 0 Å². The van der Waals surface area contributed by atoms with Gasteiger partial charge in [0.25, 0.3) is 5.91 Å². The second-order valence-electron chi connectivity index (χ2n) is 7.94. The van der Waals surface area contributed by atoms with Crippen molar-refractivity contribution in [1.29, 1.82) is 0 Å². The molecule has 1 fully saturated rings. The zero-order chi connectivity index (χ0) is 21.0. The molecule has 4 heterocycles. The number of fused-ring (bicyclic) bond motifs is 1. The first kappa shape index (κ1) is 19.4. The highest BCUT2D eigenvalue weighted by Gasteiger charge is 2.24. The van der Waals surface area contributed by atoms with E-state index >= 15 is 0 Å². The fourth-order valence-electron chi connectivity index (χ4n) is 4.06. The number of amides is 1. The van der Waals surface area contributed by atoms with Gasteiger partial charge in [0.05, 0.1) is 24.1 Å². The summed E-state index contributed by atoms with van der Waals surface area (Å²) in [6.45, 7) is 3.34. The van der Waals surface area contributed by atoms with E-state index in [1.165, 1.54) is 5.56 Å². The highest BCUT2D eigenvalue weighted by molar-refractivity contribution is 5.96. The molecule has 0 saturated carbocycles. The zero-order valence-corrected chi connectivity index (χ0v) is 17.2.